The third kappa shape index (κ3) is 3.02. The molecule has 0 unspecified atom stereocenters. The number of aliphatic hydroxyl groups excluding tert-OH is 1. The highest BCUT2D eigenvalue weighted by Gasteiger charge is 2.18. The van der Waals surface area contributed by atoms with E-state index in [1.165, 1.54) is 0 Å². The van der Waals surface area contributed by atoms with Crippen LogP contribution in [0.3, 0.4) is 0 Å². The molecule has 0 aliphatic heterocycles. The molecule has 84 valence electrons. The number of H-pyrrole nitrogens is 1. The van der Waals surface area contributed by atoms with Gasteiger partial charge in [-0.15, -0.1) is 5.10 Å². The Morgan fingerprint density at radius 2 is 2.27 bits per heavy atom. The van der Waals surface area contributed by atoms with Gasteiger partial charge in [-0.3, -0.25) is 9.89 Å². The van der Waals surface area contributed by atoms with Gasteiger partial charge < -0.3 is 10.0 Å². The number of aromatic nitrogens is 3. The molecule has 0 saturated carbocycles. The number of hydrogen-bond donors (Lipinski definition) is 2. The lowest BCUT2D eigenvalue weighted by molar-refractivity contribution is 0.0710. The highest BCUT2D eigenvalue weighted by Crippen LogP contribution is 2.00. The highest BCUT2D eigenvalue weighted by atomic mass is 16.3. The zero-order valence-corrected chi connectivity index (χ0v) is 9.03. The van der Waals surface area contributed by atoms with E-state index >= 15 is 0 Å². The summed E-state index contributed by atoms with van der Waals surface area (Å²) in [7, 11) is 0. The Balaban J connectivity index is 2.71. The maximum Gasteiger partial charge on any atom is 0.293 e. The lowest BCUT2D eigenvalue weighted by Crippen LogP contribution is -2.34. The summed E-state index contributed by atoms with van der Waals surface area (Å²) in [5.41, 5.74) is 0. The van der Waals surface area contributed by atoms with Crippen molar-refractivity contribution in [2.24, 2.45) is 0 Å². The average molecular weight is 212 g/mol. The van der Waals surface area contributed by atoms with E-state index in [1.807, 2.05) is 6.92 Å². The molecule has 1 rings (SSSR count). The molecule has 0 aliphatic rings. The van der Waals surface area contributed by atoms with Gasteiger partial charge in [-0.05, 0) is 13.3 Å². The summed E-state index contributed by atoms with van der Waals surface area (Å²) in [6.45, 7) is 4.59. The van der Waals surface area contributed by atoms with Gasteiger partial charge in [0.1, 0.15) is 5.82 Å². The van der Waals surface area contributed by atoms with Gasteiger partial charge in [0, 0.05) is 13.1 Å². The molecule has 1 heterocycles. The van der Waals surface area contributed by atoms with E-state index in [-0.39, 0.29) is 18.3 Å². The monoisotopic (exact) mass is 212 g/mol. The van der Waals surface area contributed by atoms with E-state index in [0.717, 1.165) is 6.42 Å². The maximum atomic E-state index is 11.8. The summed E-state index contributed by atoms with van der Waals surface area (Å²) < 4.78 is 0. The summed E-state index contributed by atoms with van der Waals surface area (Å²) in [6, 6.07) is 0. The summed E-state index contributed by atoms with van der Waals surface area (Å²) in [5, 5.41) is 15.2. The molecule has 6 nitrogen and oxygen atoms in total. The topological polar surface area (TPSA) is 82.1 Å². The molecule has 0 aliphatic carbocycles. The van der Waals surface area contributed by atoms with Gasteiger partial charge in [0.2, 0.25) is 5.82 Å². The fourth-order valence-corrected chi connectivity index (χ4v) is 1.29. The van der Waals surface area contributed by atoms with Gasteiger partial charge in [0.25, 0.3) is 5.91 Å². The predicted octanol–water partition coefficient (Wildman–Crippen LogP) is -0.0424. The fourth-order valence-electron chi connectivity index (χ4n) is 1.29. The van der Waals surface area contributed by atoms with Crippen LogP contribution < -0.4 is 0 Å². The quantitative estimate of drug-likeness (QED) is 0.717. The Morgan fingerprint density at radius 1 is 1.53 bits per heavy atom. The zero-order chi connectivity index (χ0) is 11.3. The van der Waals surface area contributed by atoms with E-state index < -0.39 is 0 Å². The number of carbonyl (C=O) groups is 1. The van der Waals surface area contributed by atoms with E-state index in [2.05, 4.69) is 15.2 Å². The van der Waals surface area contributed by atoms with Crippen molar-refractivity contribution in [1.29, 1.82) is 0 Å². The molecule has 0 bridgehead atoms. The molecule has 1 aromatic heterocycles. The number of nitrogens with one attached hydrogen (secondary N) is 1. The Morgan fingerprint density at radius 3 is 2.73 bits per heavy atom. The first kappa shape index (κ1) is 11.6. The van der Waals surface area contributed by atoms with Crippen molar-refractivity contribution in [2.45, 2.75) is 20.3 Å². The number of amides is 1. The maximum absolute atomic E-state index is 11.8. The Kier molecular flexibility index (Phi) is 4.23. The van der Waals surface area contributed by atoms with Gasteiger partial charge in [0.05, 0.1) is 6.61 Å². The first-order valence-electron chi connectivity index (χ1n) is 4.98. The molecule has 15 heavy (non-hydrogen) atoms. The first-order chi connectivity index (χ1) is 7.19. The van der Waals surface area contributed by atoms with Crippen LogP contribution in [0, 0.1) is 6.92 Å². The molecule has 0 spiro atoms. The van der Waals surface area contributed by atoms with E-state index in [0.29, 0.717) is 18.9 Å². The number of carbonyl (C=O) groups excluding carboxylic acids is 1. The Labute approximate surface area is 88.3 Å². The second-order valence-electron chi connectivity index (χ2n) is 3.26. The molecule has 2 N–H and O–H groups in total. The molecular formula is C9H16N4O2. The van der Waals surface area contributed by atoms with Crippen molar-refractivity contribution in [1.82, 2.24) is 20.1 Å². The van der Waals surface area contributed by atoms with Crippen LogP contribution in [-0.4, -0.2) is 50.8 Å². The standard InChI is InChI=1S/C9H16N4O2/c1-3-4-13(5-6-14)9(15)8-10-7(2)11-12-8/h14H,3-6H2,1-2H3,(H,10,11,12). The number of nitrogens with zero attached hydrogens (tertiary/aromatic N) is 3. The van der Waals surface area contributed by atoms with E-state index in [4.69, 9.17) is 5.11 Å². The van der Waals surface area contributed by atoms with Gasteiger partial charge in [-0.1, -0.05) is 6.92 Å². The zero-order valence-electron chi connectivity index (χ0n) is 9.03. The SMILES string of the molecule is CCCN(CCO)C(=O)c1n[nH]c(C)n1. The molecule has 0 radical (unpaired) electrons. The van der Waals surface area contributed by atoms with Crippen molar-refractivity contribution in [3.8, 4) is 0 Å². The van der Waals surface area contributed by atoms with E-state index in [1.54, 1.807) is 11.8 Å². The number of aromatic amines is 1. The summed E-state index contributed by atoms with van der Waals surface area (Å²) in [4.78, 5) is 17.3. The van der Waals surface area contributed by atoms with Gasteiger partial charge in [-0.2, -0.15) is 0 Å². The average Bonchev–Trinajstić information content (AvgIpc) is 2.63. The van der Waals surface area contributed by atoms with Gasteiger partial charge in [0.15, 0.2) is 0 Å². The summed E-state index contributed by atoms with van der Waals surface area (Å²) in [5.74, 6) is 0.531. The van der Waals surface area contributed by atoms with Crippen LogP contribution in [0.5, 0.6) is 0 Å². The van der Waals surface area contributed by atoms with Crippen molar-refractivity contribution in [3.63, 3.8) is 0 Å². The number of aryl methyl sites for hydroxylation is 1. The molecule has 0 fully saturated rings. The number of hydrogen-bond acceptors (Lipinski definition) is 4. The lowest BCUT2D eigenvalue weighted by atomic mass is 10.3. The van der Waals surface area contributed by atoms with Crippen LogP contribution in [-0.2, 0) is 0 Å². The second kappa shape index (κ2) is 5.45. The highest BCUT2D eigenvalue weighted by molar-refractivity contribution is 5.90. The predicted molar refractivity (Wildman–Crippen MR) is 54.4 cm³/mol. The molecular weight excluding hydrogens is 196 g/mol. The molecule has 6 heteroatoms. The van der Waals surface area contributed by atoms with Crippen molar-refractivity contribution in [3.05, 3.63) is 11.6 Å². The summed E-state index contributed by atoms with van der Waals surface area (Å²) in [6.07, 6.45) is 0.842. The second-order valence-corrected chi connectivity index (χ2v) is 3.26. The largest absolute Gasteiger partial charge is 0.395 e. The van der Waals surface area contributed by atoms with Crippen molar-refractivity contribution >= 4 is 5.91 Å². The van der Waals surface area contributed by atoms with Crippen LogP contribution in [0.25, 0.3) is 0 Å². The van der Waals surface area contributed by atoms with Crippen molar-refractivity contribution in [2.75, 3.05) is 19.7 Å². The molecule has 1 amide bonds. The normalized spacial score (nSPS) is 10.3. The minimum absolute atomic E-state index is 0.0465. The minimum atomic E-state index is -0.241. The van der Waals surface area contributed by atoms with Crippen LogP contribution in [0.4, 0.5) is 0 Å². The minimum Gasteiger partial charge on any atom is -0.395 e. The van der Waals surface area contributed by atoms with Crippen LogP contribution >= 0.6 is 0 Å². The van der Waals surface area contributed by atoms with Gasteiger partial charge in [-0.25, -0.2) is 4.98 Å². The van der Waals surface area contributed by atoms with Gasteiger partial charge >= 0.3 is 0 Å². The Bertz CT molecular complexity index is 318. The molecule has 0 aromatic carbocycles. The first-order valence-corrected chi connectivity index (χ1v) is 4.98. The van der Waals surface area contributed by atoms with Crippen molar-refractivity contribution < 1.29 is 9.90 Å². The molecule has 0 atom stereocenters. The van der Waals surface area contributed by atoms with Crippen LogP contribution in [0.15, 0.2) is 0 Å². The van der Waals surface area contributed by atoms with E-state index in [9.17, 15) is 4.79 Å². The molecule has 0 saturated heterocycles. The van der Waals surface area contributed by atoms with Crippen LogP contribution in [0.2, 0.25) is 0 Å². The number of rotatable bonds is 5. The summed E-state index contributed by atoms with van der Waals surface area (Å²) >= 11 is 0. The number of aliphatic hydroxyl groups is 1. The smallest absolute Gasteiger partial charge is 0.293 e. The van der Waals surface area contributed by atoms with Crippen LogP contribution in [0.1, 0.15) is 29.8 Å². The Hall–Kier alpha value is -1.43. The lowest BCUT2D eigenvalue weighted by Gasteiger charge is -2.18. The third-order valence-electron chi connectivity index (χ3n) is 1.94. The third-order valence-corrected chi connectivity index (χ3v) is 1.94. The fraction of sp³-hybridized carbons (Fsp3) is 0.667. The molecule has 1 aromatic rings.